The average molecular weight is 292 g/mol. The molecular formula is C9H10ClN3O2S2. The number of thiophene rings is 1. The Bertz CT molecular complexity index is 626. The number of aromatic amines is 1. The lowest BCUT2D eigenvalue weighted by Crippen LogP contribution is -2.11. The molecular weight excluding hydrogens is 282 g/mol. The number of aromatic nitrogens is 2. The van der Waals surface area contributed by atoms with Crippen molar-refractivity contribution in [3.8, 4) is 0 Å². The standard InChI is InChI=1S/C9H10ClN3O2S2/c1-5-3-8(16-9(5)10)17(14,15)13-7-4-6(2)11-12-7/h3-4H,1-2H3,(H2,11,12,13). The zero-order valence-electron chi connectivity index (χ0n) is 9.11. The Labute approximate surface area is 108 Å². The first-order valence-corrected chi connectivity index (χ1v) is 7.37. The number of hydrogen-bond acceptors (Lipinski definition) is 4. The summed E-state index contributed by atoms with van der Waals surface area (Å²) in [6.45, 7) is 3.55. The van der Waals surface area contributed by atoms with Crippen molar-refractivity contribution in [2.24, 2.45) is 0 Å². The van der Waals surface area contributed by atoms with E-state index < -0.39 is 10.0 Å². The summed E-state index contributed by atoms with van der Waals surface area (Å²) < 4.78 is 27.0. The van der Waals surface area contributed by atoms with Crippen LogP contribution in [-0.4, -0.2) is 18.6 Å². The molecule has 0 saturated carbocycles. The first-order valence-electron chi connectivity index (χ1n) is 4.69. The second-order valence-corrected chi connectivity index (χ2v) is 7.13. The lowest BCUT2D eigenvalue weighted by molar-refractivity contribution is 0.603. The van der Waals surface area contributed by atoms with Gasteiger partial charge in [0, 0.05) is 11.8 Å². The van der Waals surface area contributed by atoms with Crippen molar-refractivity contribution in [2.75, 3.05) is 4.72 Å². The molecule has 92 valence electrons. The summed E-state index contributed by atoms with van der Waals surface area (Å²) in [6.07, 6.45) is 0. The van der Waals surface area contributed by atoms with E-state index in [4.69, 9.17) is 11.6 Å². The van der Waals surface area contributed by atoms with Crippen molar-refractivity contribution in [1.29, 1.82) is 0 Å². The number of nitrogens with zero attached hydrogens (tertiary/aromatic N) is 1. The van der Waals surface area contributed by atoms with Gasteiger partial charge in [0.15, 0.2) is 5.82 Å². The molecule has 2 rings (SSSR count). The van der Waals surface area contributed by atoms with Gasteiger partial charge in [-0.25, -0.2) is 8.42 Å². The molecule has 0 spiro atoms. The summed E-state index contributed by atoms with van der Waals surface area (Å²) in [7, 11) is -3.60. The number of halogens is 1. The van der Waals surface area contributed by atoms with Crippen molar-refractivity contribution >= 4 is 38.8 Å². The topological polar surface area (TPSA) is 74.8 Å². The molecule has 17 heavy (non-hydrogen) atoms. The van der Waals surface area contributed by atoms with E-state index in [2.05, 4.69) is 14.9 Å². The van der Waals surface area contributed by atoms with Crippen LogP contribution in [0.2, 0.25) is 4.34 Å². The van der Waals surface area contributed by atoms with Gasteiger partial charge >= 0.3 is 0 Å². The minimum absolute atomic E-state index is 0.181. The quantitative estimate of drug-likeness (QED) is 0.912. The molecule has 0 amide bonds. The van der Waals surface area contributed by atoms with Crippen molar-refractivity contribution in [3.63, 3.8) is 0 Å². The Morgan fingerprint density at radius 2 is 2.12 bits per heavy atom. The van der Waals surface area contributed by atoms with Crippen molar-refractivity contribution < 1.29 is 8.42 Å². The predicted molar refractivity (Wildman–Crippen MR) is 68.2 cm³/mol. The van der Waals surface area contributed by atoms with Gasteiger partial charge in [-0.1, -0.05) is 11.6 Å². The minimum atomic E-state index is -3.60. The highest BCUT2D eigenvalue weighted by atomic mass is 35.5. The molecule has 0 aliphatic rings. The third-order valence-corrected chi connectivity index (χ3v) is 5.43. The molecule has 0 saturated heterocycles. The van der Waals surface area contributed by atoms with E-state index in [0.717, 1.165) is 22.6 Å². The number of aryl methyl sites for hydroxylation is 2. The Kier molecular flexibility index (Phi) is 3.15. The number of H-pyrrole nitrogens is 1. The van der Waals surface area contributed by atoms with E-state index in [-0.39, 0.29) is 10.0 Å². The lowest BCUT2D eigenvalue weighted by Gasteiger charge is -2.01. The van der Waals surface area contributed by atoms with E-state index >= 15 is 0 Å². The average Bonchev–Trinajstić information content (AvgIpc) is 2.75. The van der Waals surface area contributed by atoms with Crippen molar-refractivity contribution in [3.05, 3.63) is 27.7 Å². The van der Waals surface area contributed by atoms with Crippen LogP contribution in [0.1, 0.15) is 11.3 Å². The van der Waals surface area contributed by atoms with Crippen molar-refractivity contribution in [2.45, 2.75) is 18.1 Å². The SMILES string of the molecule is Cc1cc(NS(=O)(=O)c2cc(C)c(Cl)s2)n[nH]1. The second kappa shape index (κ2) is 4.32. The van der Waals surface area contributed by atoms with Crippen LogP contribution in [0.3, 0.4) is 0 Å². The van der Waals surface area contributed by atoms with Gasteiger partial charge in [-0.3, -0.25) is 9.82 Å². The second-order valence-electron chi connectivity index (χ2n) is 3.56. The maximum atomic E-state index is 12.0. The van der Waals surface area contributed by atoms with Crippen LogP contribution < -0.4 is 4.72 Å². The van der Waals surface area contributed by atoms with E-state index in [1.807, 2.05) is 0 Å². The fourth-order valence-corrected chi connectivity index (χ4v) is 3.92. The molecule has 2 heterocycles. The third-order valence-electron chi connectivity index (χ3n) is 2.04. The van der Waals surface area contributed by atoms with Gasteiger partial charge in [0.05, 0.1) is 4.34 Å². The lowest BCUT2D eigenvalue weighted by atomic mass is 10.4. The Balaban J connectivity index is 2.31. The molecule has 0 radical (unpaired) electrons. The minimum Gasteiger partial charge on any atom is -0.281 e. The molecule has 2 aromatic rings. The summed E-state index contributed by atoms with van der Waals surface area (Å²) in [4.78, 5) is 0. The zero-order valence-corrected chi connectivity index (χ0v) is 11.5. The summed E-state index contributed by atoms with van der Waals surface area (Å²) >= 11 is 6.87. The zero-order chi connectivity index (χ0) is 12.6. The Hall–Kier alpha value is -1.05. The molecule has 2 N–H and O–H groups in total. The van der Waals surface area contributed by atoms with Crippen LogP contribution in [0, 0.1) is 13.8 Å². The highest BCUT2D eigenvalue weighted by Crippen LogP contribution is 2.30. The fraction of sp³-hybridized carbons (Fsp3) is 0.222. The predicted octanol–water partition coefficient (Wildman–Crippen LogP) is 2.54. The van der Waals surface area contributed by atoms with Crippen LogP contribution in [0.5, 0.6) is 0 Å². The Morgan fingerprint density at radius 1 is 1.41 bits per heavy atom. The molecule has 0 aromatic carbocycles. The fourth-order valence-electron chi connectivity index (χ4n) is 1.22. The Morgan fingerprint density at radius 3 is 2.59 bits per heavy atom. The van der Waals surface area contributed by atoms with Gasteiger partial charge in [0.25, 0.3) is 10.0 Å². The summed E-state index contributed by atoms with van der Waals surface area (Å²) in [5, 5.41) is 6.47. The summed E-state index contributed by atoms with van der Waals surface area (Å²) in [5.74, 6) is 0.268. The third kappa shape index (κ3) is 2.62. The van der Waals surface area contributed by atoms with E-state index in [1.165, 1.54) is 6.07 Å². The van der Waals surface area contributed by atoms with Gasteiger partial charge in [-0.05, 0) is 25.5 Å². The number of anilines is 1. The monoisotopic (exact) mass is 291 g/mol. The molecule has 8 heteroatoms. The molecule has 0 atom stereocenters. The van der Waals surface area contributed by atoms with Crippen LogP contribution in [0.15, 0.2) is 16.3 Å². The van der Waals surface area contributed by atoms with Crippen LogP contribution in [-0.2, 0) is 10.0 Å². The normalized spacial score (nSPS) is 11.7. The van der Waals surface area contributed by atoms with Crippen LogP contribution >= 0.6 is 22.9 Å². The first kappa shape index (κ1) is 12.4. The smallest absolute Gasteiger partial charge is 0.272 e. The van der Waals surface area contributed by atoms with Crippen molar-refractivity contribution in [1.82, 2.24) is 10.2 Å². The molecule has 2 aromatic heterocycles. The van der Waals surface area contributed by atoms with E-state index in [0.29, 0.717) is 4.34 Å². The molecule has 5 nitrogen and oxygen atoms in total. The summed E-state index contributed by atoms with van der Waals surface area (Å²) in [6, 6.07) is 3.15. The number of nitrogens with one attached hydrogen (secondary N) is 2. The number of sulfonamides is 1. The van der Waals surface area contributed by atoms with Gasteiger partial charge in [-0.15, -0.1) is 11.3 Å². The van der Waals surface area contributed by atoms with Gasteiger partial charge in [0.2, 0.25) is 0 Å². The largest absolute Gasteiger partial charge is 0.281 e. The maximum Gasteiger partial charge on any atom is 0.272 e. The van der Waals surface area contributed by atoms with E-state index in [1.54, 1.807) is 19.9 Å². The highest BCUT2D eigenvalue weighted by Gasteiger charge is 2.19. The molecule has 0 aliphatic heterocycles. The summed E-state index contributed by atoms with van der Waals surface area (Å²) in [5.41, 5.74) is 1.53. The van der Waals surface area contributed by atoms with Gasteiger partial charge in [0.1, 0.15) is 4.21 Å². The molecule has 0 bridgehead atoms. The molecule has 0 aliphatic carbocycles. The van der Waals surface area contributed by atoms with Gasteiger partial charge < -0.3 is 0 Å². The number of hydrogen-bond donors (Lipinski definition) is 2. The highest BCUT2D eigenvalue weighted by molar-refractivity contribution is 7.94. The molecule has 0 unspecified atom stereocenters. The van der Waals surface area contributed by atoms with Gasteiger partial charge in [-0.2, -0.15) is 5.10 Å². The maximum absolute atomic E-state index is 12.0. The number of rotatable bonds is 3. The van der Waals surface area contributed by atoms with Crippen LogP contribution in [0.25, 0.3) is 0 Å². The van der Waals surface area contributed by atoms with Crippen LogP contribution in [0.4, 0.5) is 5.82 Å². The molecule has 0 fully saturated rings. The van der Waals surface area contributed by atoms with E-state index in [9.17, 15) is 8.42 Å². The first-order chi connectivity index (χ1) is 7.88.